The van der Waals surface area contributed by atoms with Gasteiger partial charge in [-0.05, 0) is 49.3 Å². The number of hydrogen-bond donors (Lipinski definition) is 0. The number of aromatic nitrogens is 2. The van der Waals surface area contributed by atoms with Crippen LogP contribution in [0.5, 0.6) is 0 Å². The van der Waals surface area contributed by atoms with Gasteiger partial charge in [0.15, 0.2) is 0 Å². The SMILES string of the molecule is Cc1cccc2c1-c1n(C)cc[n+]1B1CCCCc3ccccc3N12. The molecule has 0 atom stereocenters. The molecular formula is C21H23BN3+. The Labute approximate surface area is 149 Å². The Morgan fingerprint density at radius 1 is 1.00 bits per heavy atom. The molecule has 3 nitrogen and oxygen atoms in total. The van der Waals surface area contributed by atoms with E-state index in [1.807, 2.05) is 0 Å². The maximum absolute atomic E-state index is 2.59. The van der Waals surface area contributed by atoms with Gasteiger partial charge in [-0.2, -0.15) is 0 Å². The topological polar surface area (TPSA) is 12.0 Å². The number of anilines is 2. The highest BCUT2D eigenvalue weighted by Gasteiger charge is 2.44. The van der Waals surface area contributed by atoms with Gasteiger partial charge in [0.1, 0.15) is 12.4 Å². The zero-order valence-electron chi connectivity index (χ0n) is 14.9. The van der Waals surface area contributed by atoms with E-state index >= 15 is 0 Å². The van der Waals surface area contributed by atoms with Gasteiger partial charge in [-0.25, -0.2) is 4.57 Å². The molecule has 3 aromatic rings. The molecule has 1 aromatic heterocycles. The fraction of sp³-hybridized carbons (Fsp3) is 0.286. The molecule has 0 N–H and O–H groups in total. The standard InChI is InChI=1S/C21H23BN3/c1-16-8-7-12-19-20(16)21-23(2)14-15-24(21)22-13-6-5-10-17-9-3-4-11-18(17)25(19)22/h3-4,7-9,11-12,14-15H,5-6,10,13H2,1-2H3/q+1. The van der Waals surface area contributed by atoms with Gasteiger partial charge in [0, 0.05) is 11.4 Å². The summed E-state index contributed by atoms with van der Waals surface area (Å²) < 4.78 is 4.76. The molecule has 124 valence electrons. The van der Waals surface area contributed by atoms with E-state index in [4.69, 9.17) is 0 Å². The molecule has 3 heterocycles. The Kier molecular flexibility index (Phi) is 3.27. The van der Waals surface area contributed by atoms with Crippen LogP contribution in [0.4, 0.5) is 11.4 Å². The van der Waals surface area contributed by atoms with Crippen molar-refractivity contribution in [2.24, 2.45) is 7.05 Å². The number of imidazole rings is 1. The summed E-state index contributed by atoms with van der Waals surface area (Å²) in [6.07, 6.45) is 9.34. The minimum atomic E-state index is 0.354. The average molecular weight is 328 g/mol. The predicted octanol–water partition coefficient (Wildman–Crippen LogP) is 4.11. The Bertz CT molecular complexity index is 960. The molecule has 0 radical (unpaired) electrons. The maximum Gasteiger partial charge on any atom is 0.505 e. The van der Waals surface area contributed by atoms with Crippen LogP contribution in [0.15, 0.2) is 54.9 Å². The summed E-state index contributed by atoms with van der Waals surface area (Å²) in [7, 11) is 2.16. The molecule has 4 heteroatoms. The van der Waals surface area contributed by atoms with Crippen LogP contribution >= 0.6 is 0 Å². The lowest BCUT2D eigenvalue weighted by Crippen LogP contribution is -2.63. The minimum Gasteiger partial charge on any atom is -0.343 e. The molecule has 0 amide bonds. The van der Waals surface area contributed by atoms with Crippen molar-refractivity contribution in [2.75, 3.05) is 4.81 Å². The second-order valence-corrected chi connectivity index (χ2v) is 7.33. The van der Waals surface area contributed by atoms with E-state index in [-0.39, 0.29) is 0 Å². The summed E-state index contributed by atoms with van der Waals surface area (Å²) in [6, 6.07) is 15.7. The van der Waals surface area contributed by atoms with E-state index in [1.54, 1.807) is 0 Å². The second kappa shape index (κ2) is 5.52. The summed E-state index contributed by atoms with van der Waals surface area (Å²) in [5, 5.41) is 0. The smallest absolute Gasteiger partial charge is 0.343 e. The van der Waals surface area contributed by atoms with Crippen LogP contribution in [0, 0.1) is 6.92 Å². The summed E-state index contributed by atoms with van der Waals surface area (Å²) in [5.41, 5.74) is 6.90. The summed E-state index contributed by atoms with van der Waals surface area (Å²) in [6.45, 7) is 2.58. The Morgan fingerprint density at radius 3 is 2.76 bits per heavy atom. The van der Waals surface area contributed by atoms with Crippen molar-refractivity contribution in [2.45, 2.75) is 32.5 Å². The third-order valence-electron chi connectivity index (χ3n) is 5.79. The van der Waals surface area contributed by atoms with Crippen LogP contribution in [0.2, 0.25) is 6.32 Å². The van der Waals surface area contributed by atoms with Crippen LogP contribution in [0.25, 0.3) is 11.4 Å². The molecule has 5 rings (SSSR count). The average Bonchev–Trinajstić information content (AvgIpc) is 2.98. The number of rotatable bonds is 0. The van der Waals surface area contributed by atoms with Crippen molar-refractivity contribution in [3.05, 3.63) is 66.0 Å². The lowest BCUT2D eigenvalue weighted by atomic mass is 9.63. The Balaban J connectivity index is 1.85. The van der Waals surface area contributed by atoms with Crippen molar-refractivity contribution in [1.82, 2.24) is 4.57 Å². The molecule has 2 aliphatic rings. The fourth-order valence-corrected chi connectivity index (χ4v) is 4.63. The molecule has 25 heavy (non-hydrogen) atoms. The molecule has 0 unspecified atom stereocenters. The number of benzene rings is 2. The second-order valence-electron chi connectivity index (χ2n) is 7.33. The molecule has 2 aromatic carbocycles. The summed E-state index contributed by atoms with van der Waals surface area (Å²) in [4.78, 5) is 2.59. The van der Waals surface area contributed by atoms with Gasteiger partial charge in [-0.1, -0.05) is 36.8 Å². The highest BCUT2D eigenvalue weighted by atomic mass is 15.2. The normalized spacial score (nSPS) is 15.6. The van der Waals surface area contributed by atoms with E-state index in [9.17, 15) is 0 Å². The summed E-state index contributed by atoms with van der Waals surface area (Å²) in [5.74, 6) is 1.33. The quantitative estimate of drug-likeness (QED) is 0.566. The molecule has 0 saturated heterocycles. The highest BCUT2D eigenvalue weighted by Crippen LogP contribution is 2.42. The van der Waals surface area contributed by atoms with Crippen molar-refractivity contribution in [1.29, 1.82) is 0 Å². The van der Waals surface area contributed by atoms with Gasteiger partial charge in [-0.3, -0.25) is 4.48 Å². The zero-order chi connectivity index (χ0) is 17.0. The number of aryl methyl sites for hydroxylation is 3. The number of fused-ring (bicyclic) bond motifs is 8. The predicted molar refractivity (Wildman–Crippen MR) is 103 cm³/mol. The van der Waals surface area contributed by atoms with Crippen LogP contribution in [0.3, 0.4) is 0 Å². The first-order chi connectivity index (χ1) is 12.3. The first kappa shape index (κ1) is 14.8. The lowest BCUT2D eigenvalue weighted by molar-refractivity contribution is -0.526. The fourth-order valence-electron chi connectivity index (χ4n) is 4.63. The number of nitrogens with zero attached hydrogens (tertiary/aromatic N) is 3. The van der Waals surface area contributed by atoms with E-state index in [0.717, 1.165) is 0 Å². The zero-order valence-corrected chi connectivity index (χ0v) is 14.9. The maximum atomic E-state index is 2.59. The summed E-state index contributed by atoms with van der Waals surface area (Å²) >= 11 is 0. The van der Waals surface area contributed by atoms with Crippen LogP contribution in [0.1, 0.15) is 24.0 Å². The van der Waals surface area contributed by atoms with Gasteiger partial charge in [0.05, 0.1) is 12.6 Å². The van der Waals surface area contributed by atoms with Gasteiger partial charge in [0.2, 0.25) is 0 Å². The van der Waals surface area contributed by atoms with E-state index < -0.39 is 0 Å². The molecule has 2 aliphatic heterocycles. The highest BCUT2D eigenvalue weighted by molar-refractivity contribution is 6.57. The molecule has 0 bridgehead atoms. The van der Waals surface area contributed by atoms with Gasteiger partial charge in [-0.15, -0.1) is 0 Å². The van der Waals surface area contributed by atoms with E-state index in [2.05, 4.69) is 82.7 Å². The largest absolute Gasteiger partial charge is 0.505 e. The number of para-hydroxylation sites is 1. The third-order valence-corrected chi connectivity index (χ3v) is 5.79. The first-order valence-electron chi connectivity index (χ1n) is 9.29. The first-order valence-corrected chi connectivity index (χ1v) is 9.29. The van der Waals surface area contributed by atoms with Crippen LogP contribution in [-0.2, 0) is 13.5 Å². The van der Waals surface area contributed by atoms with Crippen LogP contribution < -0.4 is 9.29 Å². The third kappa shape index (κ3) is 2.10. The van der Waals surface area contributed by atoms with Crippen molar-refractivity contribution in [3.63, 3.8) is 0 Å². The van der Waals surface area contributed by atoms with Gasteiger partial charge < -0.3 is 4.81 Å². The van der Waals surface area contributed by atoms with Crippen molar-refractivity contribution < 1.29 is 4.48 Å². The Morgan fingerprint density at radius 2 is 1.84 bits per heavy atom. The van der Waals surface area contributed by atoms with Crippen LogP contribution in [-0.4, -0.2) is 11.5 Å². The lowest BCUT2D eigenvalue weighted by Gasteiger charge is -2.36. The van der Waals surface area contributed by atoms with Gasteiger partial charge in [0.25, 0.3) is 5.82 Å². The Hall–Kier alpha value is -2.49. The molecule has 0 aliphatic carbocycles. The molecule has 0 saturated carbocycles. The molecule has 0 spiro atoms. The van der Waals surface area contributed by atoms with E-state index in [1.165, 1.54) is 59.5 Å². The number of hydrogen-bond acceptors (Lipinski definition) is 1. The van der Waals surface area contributed by atoms with Crippen molar-refractivity contribution >= 4 is 18.4 Å². The van der Waals surface area contributed by atoms with Crippen molar-refractivity contribution in [3.8, 4) is 11.4 Å². The van der Waals surface area contributed by atoms with E-state index in [0.29, 0.717) is 6.98 Å². The molecular weight excluding hydrogens is 305 g/mol. The monoisotopic (exact) mass is 328 g/mol. The molecule has 0 fully saturated rings. The van der Waals surface area contributed by atoms with Gasteiger partial charge >= 0.3 is 6.98 Å². The minimum absolute atomic E-state index is 0.354.